The maximum absolute atomic E-state index is 8.16. The minimum atomic E-state index is 0.304. The molecule has 0 radical (unpaired) electrons. The maximum Gasteiger partial charge on any atom is 0.0621 e. The third kappa shape index (κ3) is 5.32. The minimum Gasteiger partial charge on any atom is -0.328 e. The lowest BCUT2D eigenvalue weighted by Crippen LogP contribution is -2.17. The first-order valence-electron chi connectivity index (χ1n) is 3.43. The van der Waals surface area contributed by atoms with E-state index in [1.54, 1.807) is 0 Å². The van der Waals surface area contributed by atoms with E-state index < -0.39 is 0 Å². The molecule has 1 unspecified atom stereocenters. The van der Waals surface area contributed by atoms with Gasteiger partial charge in [0.25, 0.3) is 0 Å². The third-order valence-electron chi connectivity index (χ3n) is 1.39. The lowest BCUT2D eigenvalue weighted by molar-refractivity contribution is 0.574. The van der Waals surface area contributed by atoms with Gasteiger partial charge in [-0.3, -0.25) is 0 Å². The van der Waals surface area contributed by atoms with E-state index in [-0.39, 0.29) is 0 Å². The van der Waals surface area contributed by atoms with Gasteiger partial charge in [-0.05, 0) is 19.3 Å². The van der Waals surface area contributed by atoms with Crippen LogP contribution in [0.1, 0.15) is 32.6 Å². The monoisotopic (exact) mass is 126 g/mol. The predicted molar refractivity (Wildman–Crippen MR) is 37.7 cm³/mol. The number of hydrogen-bond acceptors (Lipinski definition) is 2. The van der Waals surface area contributed by atoms with Gasteiger partial charge in [-0.1, -0.05) is 6.92 Å². The Balaban J connectivity index is 2.99. The van der Waals surface area contributed by atoms with E-state index >= 15 is 0 Å². The number of unbranched alkanes of at least 4 members (excludes halogenated alkanes) is 1. The summed E-state index contributed by atoms with van der Waals surface area (Å²) in [7, 11) is 0. The van der Waals surface area contributed by atoms with Crippen LogP contribution in [-0.2, 0) is 0 Å². The molecule has 0 aliphatic heterocycles. The van der Waals surface area contributed by atoms with Gasteiger partial charge in [0, 0.05) is 12.5 Å². The molecule has 0 aromatic rings. The third-order valence-corrected chi connectivity index (χ3v) is 1.39. The van der Waals surface area contributed by atoms with E-state index in [4.69, 9.17) is 11.0 Å². The van der Waals surface area contributed by atoms with Gasteiger partial charge in [-0.2, -0.15) is 5.26 Å². The van der Waals surface area contributed by atoms with Crippen LogP contribution in [0.4, 0.5) is 0 Å². The van der Waals surface area contributed by atoms with E-state index in [0.717, 1.165) is 19.3 Å². The summed E-state index contributed by atoms with van der Waals surface area (Å²) in [5, 5.41) is 8.16. The Labute approximate surface area is 56.7 Å². The molecule has 0 amide bonds. The van der Waals surface area contributed by atoms with E-state index in [0.29, 0.717) is 12.5 Å². The first kappa shape index (κ1) is 8.45. The molecule has 2 N–H and O–H groups in total. The summed E-state index contributed by atoms with van der Waals surface area (Å²) in [6.45, 7) is 2.07. The van der Waals surface area contributed by atoms with Crippen molar-refractivity contribution >= 4 is 0 Å². The molecule has 2 heteroatoms. The molecule has 0 aliphatic rings. The number of nitriles is 1. The van der Waals surface area contributed by atoms with Gasteiger partial charge in [-0.15, -0.1) is 0 Å². The van der Waals surface area contributed by atoms with Crippen molar-refractivity contribution in [1.82, 2.24) is 0 Å². The standard InChI is InChI=1S/C7H14N2/c1-2-7(9)5-3-4-6-8/h7H,2-5,9H2,1H3. The van der Waals surface area contributed by atoms with Crippen molar-refractivity contribution in [2.75, 3.05) is 0 Å². The summed E-state index contributed by atoms with van der Waals surface area (Å²) < 4.78 is 0. The Morgan fingerprint density at radius 2 is 2.33 bits per heavy atom. The fourth-order valence-electron chi connectivity index (χ4n) is 0.647. The average Bonchev–Trinajstić information content (AvgIpc) is 1.89. The molecule has 0 aromatic heterocycles. The van der Waals surface area contributed by atoms with Crippen molar-refractivity contribution in [2.24, 2.45) is 5.73 Å². The molecule has 52 valence electrons. The largest absolute Gasteiger partial charge is 0.328 e. The molecule has 0 aromatic carbocycles. The van der Waals surface area contributed by atoms with Crippen molar-refractivity contribution in [3.05, 3.63) is 0 Å². The van der Waals surface area contributed by atoms with Gasteiger partial charge in [0.05, 0.1) is 6.07 Å². The molecule has 0 heterocycles. The van der Waals surface area contributed by atoms with Crippen molar-refractivity contribution in [3.8, 4) is 6.07 Å². The van der Waals surface area contributed by atoms with Gasteiger partial charge < -0.3 is 5.73 Å². The Morgan fingerprint density at radius 1 is 1.67 bits per heavy atom. The van der Waals surface area contributed by atoms with Crippen LogP contribution in [0.3, 0.4) is 0 Å². The lowest BCUT2D eigenvalue weighted by atomic mass is 10.1. The van der Waals surface area contributed by atoms with E-state index in [2.05, 4.69) is 13.0 Å². The molecule has 0 bridgehead atoms. The molecule has 9 heavy (non-hydrogen) atoms. The fraction of sp³-hybridized carbons (Fsp3) is 0.857. The van der Waals surface area contributed by atoms with Crippen LogP contribution < -0.4 is 5.73 Å². The molecule has 2 nitrogen and oxygen atoms in total. The smallest absolute Gasteiger partial charge is 0.0621 e. The second-order valence-electron chi connectivity index (χ2n) is 2.22. The number of hydrogen-bond donors (Lipinski definition) is 1. The second kappa shape index (κ2) is 5.58. The van der Waals surface area contributed by atoms with Crippen LogP contribution in [0.5, 0.6) is 0 Å². The predicted octanol–water partition coefficient (Wildman–Crippen LogP) is 1.42. The lowest BCUT2D eigenvalue weighted by Gasteiger charge is -2.04. The quantitative estimate of drug-likeness (QED) is 0.579. The van der Waals surface area contributed by atoms with Gasteiger partial charge in [0.2, 0.25) is 0 Å². The summed E-state index contributed by atoms with van der Waals surface area (Å²) in [5.74, 6) is 0. The molecule has 0 saturated heterocycles. The van der Waals surface area contributed by atoms with Gasteiger partial charge >= 0.3 is 0 Å². The molecule has 0 aliphatic carbocycles. The molecule has 1 atom stereocenters. The number of nitrogens with two attached hydrogens (primary N) is 1. The zero-order valence-electron chi connectivity index (χ0n) is 5.93. The van der Waals surface area contributed by atoms with Crippen LogP contribution in [0.15, 0.2) is 0 Å². The highest BCUT2D eigenvalue weighted by molar-refractivity contribution is 4.70. The molecule has 0 saturated carbocycles. The van der Waals surface area contributed by atoms with Crippen molar-refractivity contribution in [1.29, 1.82) is 5.26 Å². The average molecular weight is 126 g/mol. The molecule has 0 rings (SSSR count). The Morgan fingerprint density at radius 3 is 2.78 bits per heavy atom. The van der Waals surface area contributed by atoms with Gasteiger partial charge in [0.15, 0.2) is 0 Å². The van der Waals surface area contributed by atoms with Crippen molar-refractivity contribution in [3.63, 3.8) is 0 Å². The zero-order chi connectivity index (χ0) is 7.11. The minimum absolute atomic E-state index is 0.304. The summed E-state index contributed by atoms with van der Waals surface area (Å²) >= 11 is 0. The van der Waals surface area contributed by atoms with Crippen LogP contribution in [0, 0.1) is 11.3 Å². The highest BCUT2D eigenvalue weighted by Crippen LogP contribution is 1.99. The molecular formula is C7H14N2. The second-order valence-corrected chi connectivity index (χ2v) is 2.22. The Hall–Kier alpha value is -0.550. The summed E-state index contributed by atoms with van der Waals surface area (Å²) in [5.41, 5.74) is 5.60. The Bertz CT molecular complexity index is 93.6. The highest BCUT2D eigenvalue weighted by Gasteiger charge is 1.96. The topological polar surface area (TPSA) is 49.8 Å². The summed E-state index contributed by atoms with van der Waals surface area (Å²) in [6, 6.07) is 2.40. The maximum atomic E-state index is 8.16. The summed E-state index contributed by atoms with van der Waals surface area (Å²) in [4.78, 5) is 0. The van der Waals surface area contributed by atoms with Crippen LogP contribution in [0.2, 0.25) is 0 Å². The number of rotatable bonds is 4. The first-order valence-corrected chi connectivity index (χ1v) is 3.43. The normalized spacial score (nSPS) is 12.6. The van der Waals surface area contributed by atoms with Crippen molar-refractivity contribution in [2.45, 2.75) is 38.6 Å². The number of nitrogens with zero attached hydrogens (tertiary/aromatic N) is 1. The van der Waals surface area contributed by atoms with Gasteiger partial charge in [-0.25, -0.2) is 0 Å². The van der Waals surface area contributed by atoms with E-state index in [9.17, 15) is 0 Å². The molecule has 0 spiro atoms. The first-order chi connectivity index (χ1) is 4.31. The molecular weight excluding hydrogens is 112 g/mol. The molecule has 0 fully saturated rings. The van der Waals surface area contributed by atoms with Crippen molar-refractivity contribution < 1.29 is 0 Å². The van der Waals surface area contributed by atoms with Crippen LogP contribution in [-0.4, -0.2) is 6.04 Å². The fourth-order valence-corrected chi connectivity index (χ4v) is 0.647. The summed E-state index contributed by atoms with van der Waals surface area (Å²) in [6.07, 6.45) is 3.61. The highest BCUT2D eigenvalue weighted by atomic mass is 14.6. The van der Waals surface area contributed by atoms with Crippen LogP contribution in [0.25, 0.3) is 0 Å². The van der Waals surface area contributed by atoms with E-state index in [1.807, 2.05) is 0 Å². The van der Waals surface area contributed by atoms with Gasteiger partial charge in [0.1, 0.15) is 0 Å². The SMILES string of the molecule is CCC(N)CCCC#N. The van der Waals surface area contributed by atoms with E-state index in [1.165, 1.54) is 0 Å². The zero-order valence-corrected chi connectivity index (χ0v) is 5.93. The Kier molecular flexibility index (Phi) is 5.24. The van der Waals surface area contributed by atoms with Crippen LogP contribution >= 0.6 is 0 Å².